The van der Waals surface area contributed by atoms with Gasteiger partial charge in [-0.1, -0.05) is 19.9 Å². The average molecular weight is 278 g/mol. The SMILES string of the molecule is CCc1[nH]nc(C(=O)NC(CC)c2cccs2)c1N. The van der Waals surface area contributed by atoms with Crippen LogP contribution in [0.25, 0.3) is 0 Å². The Balaban J connectivity index is 2.13. The van der Waals surface area contributed by atoms with E-state index in [1.807, 2.05) is 31.4 Å². The molecule has 2 aromatic rings. The van der Waals surface area contributed by atoms with Gasteiger partial charge in [-0.25, -0.2) is 0 Å². The highest BCUT2D eigenvalue weighted by atomic mass is 32.1. The smallest absolute Gasteiger partial charge is 0.274 e. The number of thiophene rings is 1. The summed E-state index contributed by atoms with van der Waals surface area (Å²) in [6.07, 6.45) is 1.56. The highest BCUT2D eigenvalue weighted by Crippen LogP contribution is 2.23. The summed E-state index contributed by atoms with van der Waals surface area (Å²) in [6, 6.07) is 4.01. The molecule has 0 saturated carbocycles. The monoisotopic (exact) mass is 278 g/mol. The molecule has 2 heterocycles. The fourth-order valence-corrected chi connectivity index (χ4v) is 2.78. The van der Waals surface area contributed by atoms with Crippen molar-refractivity contribution in [2.75, 3.05) is 5.73 Å². The lowest BCUT2D eigenvalue weighted by molar-refractivity contribution is 0.0932. The minimum Gasteiger partial charge on any atom is -0.395 e. The molecular formula is C13H18N4OS. The van der Waals surface area contributed by atoms with Crippen molar-refractivity contribution in [1.82, 2.24) is 15.5 Å². The fourth-order valence-electron chi connectivity index (χ4n) is 1.92. The van der Waals surface area contributed by atoms with Crippen LogP contribution in [-0.4, -0.2) is 16.1 Å². The summed E-state index contributed by atoms with van der Waals surface area (Å²) in [5.41, 5.74) is 7.43. The maximum absolute atomic E-state index is 12.2. The first-order valence-electron chi connectivity index (χ1n) is 6.34. The maximum Gasteiger partial charge on any atom is 0.274 e. The van der Waals surface area contributed by atoms with Crippen molar-refractivity contribution in [1.29, 1.82) is 0 Å². The number of aromatic nitrogens is 2. The average Bonchev–Trinajstić information content (AvgIpc) is 3.04. The van der Waals surface area contributed by atoms with Gasteiger partial charge < -0.3 is 11.1 Å². The standard InChI is InChI=1S/C13H18N4OS/c1-3-8(10-6-5-7-19-10)15-13(18)12-11(14)9(4-2)16-17-12/h5-8H,3-4,14H2,1-2H3,(H,15,18)(H,16,17). The van der Waals surface area contributed by atoms with Crippen LogP contribution in [0.2, 0.25) is 0 Å². The van der Waals surface area contributed by atoms with Crippen molar-refractivity contribution in [2.24, 2.45) is 0 Å². The zero-order valence-corrected chi connectivity index (χ0v) is 11.9. The number of carbonyl (C=O) groups excluding carboxylic acids is 1. The van der Waals surface area contributed by atoms with Crippen molar-refractivity contribution in [2.45, 2.75) is 32.7 Å². The predicted molar refractivity (Wildman–Crippen MR) is 77.2 cm³/mol. The first-order valence-corrected chi connectivity index (χ1v) is 7.22. The van der Waals surface area contributed by atoms with Gasteiger partial charge >= 0.3 is 0 Å². The summed E-state index contributed by atoms with van der Waals surface area (Å²) in [4.78, 5) is 13.3. The van der Waals surface area contributed by atoms with Gasteiger partial charge in [-0.05, 0) is 24.3 Å². The Hall–Kier alpha value is -1.82. The topological polar surface area (TPSA) is 83.8 Å². The molecule has 6 heteroatoms. The number of nitrogens with zero attached hydrogens (tertiary/aromatic N) is 1. The Morgan fingerprint density at radius 3 is 2.89 bits per heavy atom. The van der Waals surface area contributed by atoms with E-state index in [9.17, 15) is 4.79 Å². The van der Waals surface area contributed by atoms with Crippen LogP contribution in [0.1, 0.15) is 47.4 Å². The molecule has 0 aliphatic rings. The molecule has 0 bridgehead atoms. The predicted octanol–water partition coefficient (Wildman–Crippen LogP) is 2.50. The second-order valence-corrected chi connectivity index (χ2v) is 5.25. The van der Waals surface area contributed by atoms with Crippen molar-refractivity contribution in [3.63, 3.8) is 0 Å². The van der Waals surface area contributed by atoms with E-state index in [-0.39, 0.29) is 17.6 Å². The third-order valence-electron chi connectivity index (χ3n) is 3.05. The van der Waals surface area contributed by atoms with Gasteiger partial charge in [0.1, 0.15) is 0 Å². The first kappa shape index (κ1) is 13.6. The first-order chi connectivity index (χ1) is 9.17. The normalized spacial score (nSPS) is 12.3. The Morgan fingerprint density at radius 1 is 1.58 bits per heavy atom. The lowest BCUT2D eigenvalue weighted by atomic mass is 10.1. The Labute approximate surface area is 116 Å². The van der Waals surface area contributed by atoms with Crippen molar-refractivity contribution < 1.29 is 4.79 Å². The number of rotatable bonds is 5. The molecule has 0 fully saturated rings. The number of hydrogen-bond acceptors (Lipinski definition) is 4. The second kappa shape index (κ2) is 5.88. The van der Waals surface area contributed by atoms with Crippen LogP contribution in [-0.2, 0) is 6.42 Å². The van der Waals surface area contributed by atoms with Gasteiger partial charge in [0.05, 0.1) is 17.4 Å². The number of anilines is 1. The largest absolute Gasteiger partial charge is 0.395 e. The third kappa shape index (κ3) is 2.78. The molecule has 0 radical (unpaired) electrons. The summed E-state index contributed by atoms with van der Waals surface area (Å²) in [5.74, 6) is -0.228. The molecule has 1 atom stereocenters. The van der Waals surface area contributed by atoms with E-state index in [4.69, 9.17) is 5.73 Å². The minimum atomic E-state index is -0.228. The fraction of sp³-hybridized carbons (Fsp3) is 0.385. The van der Waals surface area contributed by atoms with Crippen LogP contribution in [0.4, 0.5) is 5.69 Å². The summed E-state index contributed by atoms with van der Waals surface area (Å²) in [7, 11) is 0. The Kier molecular flexibility index (Phi) is 4.21. The van der Waals surface area contributed by atoms with Crippen LogP contribution in [0.5, 0.6) is 0 Å². The lowest BCUT2D eigenvalue weighted by Crippen LogP contribution is -2.28. The Morgan fingerprint density at radius 2 is 2.37 bits per heavy atom. The lowest BCUT2D eigenvalue weighted by Gasteiger charge is -2.14. The highest BCUT2D eigenvalue weighted by Gasteiger charge is 2.20. The molecule has 0 saturated heterocycles. The number of aryl methyl sites for hydroxylation is 1. The molecule has 19 heavy (non-hydrogen) atoms. The van der Waals surface area contributed by atoms with Crippen LogP contribution in [0, 0.1) is 0 Å². The number of nitrogen functional groups attached to an aromatic ring is 1. The van der Waals surface area contributed by atoms with Crippen molar-refractivity contribution in [3.05, 3.63) is 33.8 Å². The molecule has 0 aromatic carbocycles. The van der Waals surface area contributed by atoms with Crippen molar-refractivity contribution in [3.8, 4) is 0 Å². The highest BCUT2D eigenvalue weighted by molar-refractivity contribution is 7.10. The number of nitrogens with one attached hydrogen (secondary N) is 2. The summed E-state index contributed by atoms with van der Waals surface area (Å²) in [6.45, 7) is 4.00. The molecule has 2 aromatic heterocycles. The summed E-state index contributed by atoms with van der Waals surface area (Å²) >= 11 is 1.63. The number of amides is 1. The zero-order valence-electron chi connectivity index (χ0n) is 11.1. The summed E-state index contributed by atoms with van der Waals surface area (Å²) < 4.78 is 0. The molecule has 2 rings (SSSR count). The van der Waals surface area contributed by atoms with Crippen LogP contribution >= 0.6 is 11.3 Å². The number of nitrogens with two attached hydrogens (primary N) is 1. The van der Waals surface area contributed by atoms with Gasteiger partial charge in [0, 0.05) is 4.88 Å². The molecule has 1 amide bonds. The van der Waals surface area contributed by atoms with Gasteiger partial charge in [-0.2, -0.15) is 5.10 Å². The van der Waals surface area contributed by atoms with E-state index in [1.54, 1.807) is 11.3 Å². The number of hydrogen-bond donors (Lipinski definition) is 3. The Bertz CT molecular complexity index is 547. The molecule has 0 aliphatic heterocycles. The van der Waals surface area contributed by atoms with E-state index in [1.165, 1.54) is 0 Å². The van der Waals surface area contributed by atoms with Gasteiger partial charge in [-0.15, -0.1) is 11.3 Å². The maximum atomic E-state index is 12.2. The molecule has 0 aliphatic carbocycles. The minimum absolute atomic E-state index is 0.00803. The molecule has 1 unspecified atom stereocenters. The van der Waals surface area contributed by atoms with Gasteiger partial charge in [0.2, 0.25) is 0 Å². The van der Waals surface area contributed by atoms with Crippen LogP contribution in [0.15, 0.2) is 17.5 Å². The molecule has 4 N–H and O–H groups in total. The molecule has 102 valence electrons. The van der Waals surface area contributed by atoms with Gasteiger partial charge in [-0.3, -0.25) is 9.89 Å². The summed E-state index contributed by atoms with van der Waals surface area (Å²) in [5, 5.41) is 11.8. The van der Waals surface area contributed by atoms with E-state index >= 15 is 0 Å². The van der Waals surface area contributed by atoms with Gasteiger partial charge in [0.25, 0.3) is 5.91 Å². The number of aromatic amines is 1. The quantitative estimate of drug-likeness (QED) is 0.785. The van der Waals surface area contributed by atoms with E-state index < -0.39 is 0 Å². The van der Waals surface area contributed by atoms with E-state index in [0.29, 0.717) is 5.69 Å². The van der Waals surface area contributed by atoms with Crippen LogP contribution < -0.4 is 11.1 Å². The van der Waals surface area contributed by atoms with Crippen molar-refractivity contribution >= 4 is 22.9 Å². The van der Waals surface area contributed by atoms with Gasteiger partial charge in [0.15, 0.2) is 5.69 Å². The molecule has 0 spiro atoms. The van der Waals surface area contributed by atoms with Crippen LogP contribution in [0.3, 0.4) is 0 Å². The van der Waals surface area contributed by atoms with E-state index in [2.05, 4.69) is 15.5 Å². The third-order valence-corrected chi connectivity index (χ3v) is 4.04. The number of carbonyl (C=O) groups is 1. The second-order valence-electron chi connectivity index (χ2n) is 4.27. The zero-order chi connectivity index (χ0) is 13.8. The molecular weight excluding hydrogens is 260 g/mol. The molecule has 5 nitrogen and oxygen atoms in total. The van der Waals surface area contributed by atoms with E-state index in [0.717, 1.165) is 23.4 Å². The number of H-pyrrole nitrogens is 1.